The molecule has 1 aromatic rings. The summed E-state index contributed by atoms with van der Waals surface area (Å²) in [4.78, 5) is 13.2. The van der Waals surface area contributed by atoms with Crippen molar-refractivity contribution in [1.29, 1.82) is 0 Å². The maximum atomic E-state index is 14.5. The predicted octanol–water partition coefficient (Wildman–Crippen LogP) is 9.60. The smallest absolute Gasteiger partial charge is 0.314 e. The van der Waals surface area contributed by atoms with Gasteiger partial charge in [0.25, 0.3) is 0 Å². The van der Waals surface area contributed by atoms with E-state index in [-0.39, 0.29) is 29.6 Å². The Kier molecular flexibility index (Phi) is 10.6. The number of benzene rings is 1. The first kappa shape index (κ1) is 28.3. The highest BCUT2D eigenvalue weighted by molar-refractivity contribution is 5.75. The molecule has 4 unspecified atom stereocenters. The first-order valence-electron chi connectivity index (χ1n) is 15.3. The van der Waals surface area contributed by atoms with E-state index in [1.54, 1.807) is 6.08 Å². The van der Waals surface area contributed by atoms with E-state index in [0.29, 0.717) is 18.3 Å². The van der Waals surface area contributed by atoms with Crippen molar-refractivity contribution in [1.82, 2.24) is 0 Å². The number of esters is 1. The standard InChI is InChI=1S/C33H48F2O2/c1-3-5-7-8-10-23-14-16-24(17-15-23)25-18-19-28-26(20-25)11-9-13-29(28)33(36)37-27-21-31(34)30(12-6-4-2)32(35)22-27/h4,21-26,28-29H,2-3,5-20H2,1H3. The second-order valence-electron chi connectivity index (χ2n) is 12.3. The van der Waals surface area contributed by atoms with Crippen molar-refractivity contribution in [2.24, 2.45) is 35.5 Å². The molecule has 4 rings (SSSR count). The van der Waals surface area contributed by atoms with Crippen molar-refractivity contribution in [2.75, 3.05) is 0 Å². The fourth-order valence-electron chi connectivity index (χ4n) is 7.84. The molecule has 3 fully saturated rings. The minimum atomic E-state index is -0.651. The van der Waals surface area contributed by atoms with Crippen LogP contribution in [0.25, 0.3) is 0 Å². The number of fused-ring (bicyclic) bond motifs is 1. The third-order valence-corrected chi connectivity index (χ3v) is 9.95. The number of unbranched alkanes of at least 4 members (excludes halogenated alkanes) is 3. The normalized spacial score (nSPS) is 29.9. The molecule has 0 aromatic heterocycles. The topological polar surface area (TPSA) is 26.3 Å². The van der Waals surface area contributed by atoms with Gasteiger partial charge in [-0.3, -0.25) is 4.79 Å². The average molecular weight is 515 g/mol. The van der Waals surface area contributed by atoms with Gasteiger partial charge in [0, 0.05) is 17.7 Å². The molecule has 1 aromatic carbocycles. The first-order chi connectivity index (χ1) is 18.0. The maximum absolute atomic E-state index is 14.5. The lowest BCUT2D eigenvalue weighted by Crippen LogP contribution is -2.40. The van der Waals surface area contributed by atoms with Crippen molar-refractivity contribution >= 4 is 5.97 Å². The van der Waals surface area contributed by atoms with Gasteiger partial charge in [0.15, 0.2) is 0 Å². The van der Waals surface area contributed by atoms with Crippen LogP contribution >= 0.6 is 0 Å². The highest BCUT2D eigenvalue weighted by Crippen LogP contribution is 2.50. The van der Waals surface area contributed by atoms with Crippen LogP contribution in [0.1, 0.15) is 115 Å². The van der Waals surface area contributed by atoms with Gasteiger partial charge in [-0.15, -0.1) is 6.58 Å². The number of hydrogen-bond acceptors (Lipinski definition) is 2. The van der Waals surface area contributed by atoms with E-state index in [9.17, 15) is 13.6 Å². The summed E-state index contributed by atoms with van der Waals surface area (Å²) < 4.78 is 34.5. The molecule has 0 aliphatic heterocycles. The summed E-state index contributed by atoms with van der Waals surface area (Å²) in [6.45, 7) is 5.89. The quantitative estimate of drug-likeness (QED) is 0.127. The summed E-state index contributed by atoms with van der Waals surface area (Å²) in [6, 6.07) is 2.33. The lowest BCUT2D eigenvalue weighted by Gasteiger charge is -2.46. The Balaban J connectivity index is 1.28. The van der Waals surface area contributed by atoms with Crippen molar-refractivity contribution in [2.45, 2.75) is 116 Å². The Morgan fingerprint density at radius 1 is 0.946 bits per heavy atom. The lowest BCUT2D eigenvalue weighted by molar-refractivity contribution is -0.144. The SMILES string of the molecule is C=CCCc1c(F)cc(OC(=O)C2CCCC3CC(C4CCC(CCCCCC)CC4)CCC32)cc1F. The minimum Gasteiger partial charge on any atom is -0.426 e. The highest BCUT2D eigenvalue weighted by Gasteiger charge is 2.43. The van der Waals surface area contributed by atoms with Gasteiger partial charge in [-0.25, -0.2) is 8.78 Å². The molecule has 2 nitrogen and oxygen atoms in total. The van der Waals surface area contributed by atoms with Crippen LogP contribution < -0.4 is 4.74 Å². The molecule has 4 heteroatoms. The highest BCUT2D eigenvalue weighted by atomic mass is 19.1. The Morgan fingerprint density at radius 2 is 1.68 bits per heavy atom. The first-order valence-corrected chi connectivity index (χ1v) is 15.3. The Hall–Kier alpha value is -1.71. The molecule has 0 saturated heterocycles. The van der Waals surface area contributed by atoms with Crippen LogP contribution in [0, 0.1) is 47.1 Å². The van der Waals surface area contributed by atoms with Crippen LogP contribution in [-0.2, 0) is 11.2 Å². The van der Waals surface area contributed by atoms with Crippen LogP contribution in [0.5, 0.6) is 5.75 Å². The molecule has 0 radical (unpaired) electrons. The summed E-state index contributed by atoms with van der Waals surface area (Å²) in [5.74, 6) is 1.81. The van der Waals surface area contributed by atoms with E-state index in [1.165, 1.54) is 77.0 Å². The number of rotatable bonds is 11. The van der Waals surface area contributed by atoms with Crippen molar-refractivity contribution in [3.63, 3.8) is 0 Å². The molecule has 206 valence electrons. The molecule has 3 aliphatic rings. The molecular weight excluding hydrogens is 466 g/mol. The number of halogens is 2. The number of ether oxygens (including phenoxy) is 1. The third-order valence-electron chi connectivity index (χ3n) is 9.95. The third kappa shape index (κ3) is 7.45. The van der Waals surface area contributed by atoms with Gasteiger partial charge in [0.2, 0.25) is 0 Å². The summed E-state index contributed by atoms with van der Waals surface area (Å²) in [5.41, 5.74) is 0.0290. The molecule has 0 amide bonds. The van der Waals surface area contributed by atoms with Gasteiger partial charge in [0.1, 0.15) is 17.4 Å². The summed E-state index contributed by atoms with van der Waals surface area (Å²) in [6.07, 6.45) is 21.6. The zero-order valence-corrected chi connectivity index (χ0v) is 23.0. The van der Waals surface area contributed by atoms with E-state index in [2.05, 4.69) is 13.5 Å². The van der Waals surface area contributed by atoms with Gasteiger partial charge in [-0.2, -0.15) is 0 Å². The van der Waals surface area contributed by atoms with Crippen LogP contribution in [0.15, 0.2) is 24.8 Å². The van der Waals surface area contributed by atoms with Crippen LogP contribution in [0.3, 0.4) is 0 Å². The van der Waals surface area contributed by atoms with Crippen LogP contribution in [0.2, 0.25) is 0 Å². The van der Waals surface area contributed by atoms with E-state index in [0.717, 1.165) is 49.1 Å². The second-order valence-corrected chi connectivity index (χ2v) is 12.3. The fourth-order valence-corrected chi connectivity index (χ4v) is 7.84. The number of carbonyl (C=O) groups is 1. The van der Waals surface area contributed by atoms with Gasteiger partial charge >= 0.3 is 5.97 Å². The number of carbonyl (C=O) groups excluding carboxylic acids is 1. The van der Waals surface area contributed by atoms with Crippen LogP contribution in [-0.4, -0.2) is 5.97 Å². The molecule has 0 bridgehead atoms. The molecule has 3 saturated carbocycles. The molecule has 3 aliphatic carbocycles. The maximum Gasteiger partial charge on any atom is 0.314 e. The Bertz CT molecular complexity index is 865. The van der Waals surface area contributed by atoms with Gasteiger partial charge < -0.3 is 4.74 Å². The largest absolute Gasteiger partial charge is 0.426 e. The van der Waals surface area contributed by atoms with Crippen LogP contribution in [0.4, 0.5) is 8.78 Å². The van der Waals surface area contributed by atoms with Gasteiger partial charge in [-0.05, 0) is 81.0 Å². The van der Waals surface area contributed by atoms with E-state index in [1.807, 2.05) is 0 Å². The Labute approximate surface area is 223 Å². The van der Waals surface area contributed by atoms with Gasteiger partial charge in [-0.1, -0.05) is 70.8 Å². The molecule has 0 heterocycles. The number of allylic oxidation sites excluding steroid dienone is 1. The zero-order valence-electron chi connectivity index (χ0n) is 23.0. The monoisotopic (exact) mass is 514 g/mol. The zero-order chi connectivity index (χ0) is 26.2. The fraction of sp³-hybridized carbons (Fsp3) is 0.727. The minimum absolute atomic E-state index is 0.00961. The molecule has 37 heavy (non-hydrogen) atoms. The second kappa shape index (κ2) is 13.9. The summed E-state index contributed by atoms with van der Waals surface area (Å²) in [5, 5.41) is 0. The van der Waals surface area contributed by atoms with Crippen molar-refractivity contribution in [3.05, 3.63) is 42.0 Å². The molecule has 0 N–H and O–H groups in total. The Morgan fingerprint density at radius 3 is 2.38 bits per heavy atom. The molecular formula is C33H48F2O2. The predicted molar refractivity (Wildman–Crippen MR) is 146 cm³/mol. The van der Waals surface area contributed by atoms with E-state index < -0.39 is 11.6 Å². The number of hydrogen-bond donors (Lipinski definition) is 0. The summed E-state index contributed by atoms with van der Waals surface area (Å²) in [7, 11) is 0. The molecule has 0 spiro atoms. The lowest BCUT2D eigenvalue weighted by atomic mass is 9.59. The van der Waals surface area contributed by atoms with Gasteiger partial charge in [0.05, 0.1) is 5.92 Å². The van der Waals surface area contributed by atoms with E-state index >= 15 is 0 Å². The van der Waals surface area contributed by atoms with Crippen molar-refractivity contribution < 1.29 is 18.3 Å². The summed E-state index contributed by atoms with van der Waals surface area (Å²) >= 11 is 0. The molecule has 4 atom stereocenters. The average Bonchev–Trinajstić information content (AvgIpc) is 2.90. The van der Waals surface area contributed by atoms with Crippen molar-refractivity contribution in [3.8, 4) is 5.75 Å². The van der Waals surface area contributed by atoms with E-state index in [4.69, 9.17) is 4.74 Å².